The smallest absolute Gasteiger partial charge is 0.229 e. The predicted octanol–water partition coefficient (Wildman–Crippen LogP) is 1.32. The Morgan fingerprint density at radius 3 is 2.75 bits per heavy atom. The number of hydrogen-bond acceptors (Lipinski definition) is 2. The van der Waals surface area contributed by atoms with E-state index >= 15 is 0 Å². The van der Waals surface area contributed by atoms with Gasteiger partial charge in [-0.15, -0.1) is 0 Å². The fourth-order valence-corrected chi connectivity index (χ4v) is 1.76. The Bertz CT molecular complexity index is 201. The maximum absolute atomic E-state index is 11.3. The maximum atomic E-state index is 11.3. The second-order valence-corrected chi connectivity index (χ2v) is 3.24. The van der Waals surface area contributed by atoms with Crippen LogP contribution < -0.4 is 0 Å². The number of carbonyl (C=O) groups is 2. The van der Waals surface area contributed by atoms with Gasteiger partial charge < -0.3 is 0 Å². The molecule has 1 unspecified atom stereocenters. The standard InChI is InChI=1S/C9H15NO2/c1-3-8-5-4-6-9(12)10(8)7(2)11/h8H,3-6H2,1-2H3. The molecular formula is C9H15NO2. The quantitative estimate of drug-likeness (QED) is 0.593. The van der Waals surface area contributed by atoms with Gasteiger partial charge >= 0.3 is 0 Å². The van der Waals surface area contributed by atoms with Crippen molar-refractivity contribution in [3.63, 3.8) is 0 Å². The van der Waals surface area contributed by atoms with Crippen LogP contribution in [-0.4, -0.2) is 22.8 Å². The number of nitrogens with zero attached hydrogens (tertiary/aromatic N) is 1. The fourth-order valence-electron chi connectivity index (χ4n) is 1.76. The van der Waals surface area contributed by atoms with Gasteiger partial charge in [-0.2, -0.15) is 0 Å². The van der Waals surface area contributed by atoms with Crippen molar-refractivity contribution in [3.05, 3.63) is 0 Å². The minimum Gasteiger partial charge on any atom is -0.280 e. The highest BCUT2D eigenvalue weighted by Gasteiger charge is 2.29. The highest BCUT2D eigenvalue weighted by atomic mass is 16.2. The molecule has 0 N–H and O–H groups in total. The average molecular weight is 169 g/mol. The van der Waals surface area contributed by atoms with Crippen LogP contribution in [0.5, 0.6) is 0 Å². The lowest BCUT2D eigenvalue weighted by Crippen LogP contribution is -2.46. The van der Waals surface area contributed by atoms with Crippen molar-refractivity contribution in [1.29, 1.82) is 0 Å². The third kappa shape index (κ3) is 1.65. The molecule has 0 aromatic rings. The molecule has 2 amide bonds. The van der Waals surface area contributed by atoms with Gasteiger partial charge in [-0.25, -0.2) is 0 Å². The molecular weight excluding hydrogens is 154 g/mol. The van der Waals surface area contributed by atoms with Crippen LogP contribution in [0.25, 0.3) is 0 Å². The Labute approximate surface area is 72.7 Å². The highest BCUT2D eigenvalue weighted by Crippen LogP contribution is 2.20. The van der Waals surface area contributed by atoms with Crippen molar-refractivity contribution in [2.24, 2.45) is 0 Å². The number of amides is 2. The molecule has 1 rings (SSSR count). The summed E-state index contributed by atoms with van der Waals surface area (Å²) in [5.74, 6) is -0.104. The van der Waals surface area contributed by atoms with Gasteiger partial charge in [-0.1, -0.05) is 6.92 Å². The second-order valence-electron chi connectivity index (χ2n) is 3.24. The van der Waals surface area contributed by atoms with Crippen LogP contribution in [0.2, 0.25) is 0 Å². The van der Waals surface area contributed by atoms with Crippen LogP contribution in [0.1, 0.15) is 39.5 Å². The molecule has 0 aromatic heterocycles. The van der Waals surface area contributed by atoms with Crippen LogP contribution in [0.4, 0.5) is 0 Å². The minimum absolute atomic E-state index is 0.000556. The summed E-state index contributed by atoms with van der Waals surface area (Å²) in [5, 5.41) is 0. The van der Waals surface area contributed by atoms with Gasteiger partial charge in [0.15, 0.2) is 0 Å². The Morgan fingerprint density at radius 2 is 2.33 bits per heavy atom. The van der Waals surface area contributed by atoms with Gasteiger partial charge in [0, 0.05) is 19.4 Å². The molecule has 12 heavy (non-hydrogen) atoms. The largest absolute Gasteiger partial charge is 0.280 e. The predicted molar refractivity (Wildman–Crippen MR) is 45.5 cm³/mol. The van der Waals surface area contributed by atoms with Crippen molar-refractivity contribution >= 4 is 11.8 Å². The lowest BCUT2D eigenvalue weighted by atomic mass is 9.99. The van der Waals surface area contributed by atoms with E-state index in [0.29, 0.717) is 6.42 Å². The van der Waals surface area contributed by atoms with Crippen LogP contribution in [-0.2, 0) is 9.59 Å². The molecule has 3 heteroatoms. The molecule has 0 radical (unpaired) electrons. The molecule has 1 aliphatic rings. The van der Waals surface area contributed by atoms with E-state index in [1.54, 1.807) is 0 Å². The van der Waals surface area contributed by atoms with Crippen LogP contribution in [0, 0.1) is 0 Å². The Kier molecular flexibility index (Phi) is 2.84. The van der Waals surface area contributed by atoms with Crippen LogP contribution >= 0.6 is 0 Å². The van der Waals surface area contributed by atoms with Gasteiger partial charge in [0.25, 0.3) is 0 Å². The van der Waals surface area contributed by atoms with Crippen molar-refractivity contribution in [2.75, 3.05) is 0 Å². The summed E-state index contributed by atoms with van der Waals surface area (Å²) in [7, 11) is 0. The first-order chi connectivity index (χ1) is 5.66. The number of piperidine rings is 1. The number of hydrogen-bond donors (Lipinski definition) is 0. The van der Waals surface area contributed by atoms with E-state index in [0.717, 1.165) is 19.3 Å². The lowest BCUT2D eigenvalue weighted by molar-refractivity contribution is -0.148. The Hall–Kier alpha value is -0.860. The molecule has 1 heterocycles. The maximum Gasteiger partial charge on any atom is 0.229 e. The number of rotatable bonds is 1. The summed E-state index contributed by atoms with van der Waals surface area (Å²) in [6.07, 6.45) is 3.32. The molecule has 1 saturated heterocycles. The van der Waals surface area contributed by atoms with Gasteiger partial charge in [-0.3, -0.25) is 14.5 Å². The molecule has 1 fully saturated rings. The van der Waals surface area contributed by atoms with E-state index in [9.17, 15) is 9.59 Å². The Morgan fingerprint density at radius 1 is 1.67 bits per heavy atom. The van der Waals surface area contributed by atoms with E-state index < -0.39 is 0 Å². The summed E-state index contributed by atoms with van der Waals surface area (Å²) in [6.45, 7) is 3.48. The third-order valence-corrected chi connectivity index (χ3v) is 2.37. The molecule has 0 aliphatic carbocycles. The molecule has 68 valence electrons. The summed E-state index contributed by atoms with van der Waals surface area (Å²) >= 11 is 0. The third-order valence-electron chi connectivity index (χ3n) is 2.37. The molecule has 0 spiro atoms. The molecule has 0 aromatic carbocycles. The first kappa shape index (κ1) is 9.23. The summed E-state index contributed by atoms with van der Waals surface area (Å²) in [5.41, 5.74) is 0. The van der Waals surface area contributed by atoms with Crippen molar-refractivity contribution < 1.29 is 9.59 Å². The lowest BCUT2D eigenvalue weighted by Gasteiger charge is -2.32. The van der Waals surface area contributed by atoms with E-state index in [2.05, 4.69) is 0 Å². The summed E-state index contributed by atoms with van der Waals surface area (Å²) in [6, 6.07) is 0.156. The first-order valence-electron chi connectivity index (χ1n) is 4.49. The summed E-state index contributed by atoms with van der Waals surface area (Å²) in [4.78, 5) is 23.8. The monoisotopic (exact) mass is 169 g/mol. The number of likely N-dealkylation sites (tertiary alicyclic amines) is 1. The van der Waals surface area contributed by atoms with Crippen LogP contribution in [0.3, 0.4) is 0 Å². The van der Waals surface area contributed by atoms with E-state index in [1.165, 1.54) is 11.8 Å². The molecule has 0 bridgehead atoms. The van der Waals surface area contributed by atoms with Crippen molar-refractivity contribution in [3.8, 4) is 0 Å². The zero-order valence-electron chi connectivity index (χ0n) is 7.67. The average Bonchev–Trinajstić information content (AvgIpc) is 2.03. The number of imide groups is 1. The van der Waals surface area contributed by atoms with Crippen LogP contribution in [0.15, 0.2) is 0 Å². The van der Waals surface area contributed by atoms with E-state index in [-0.39, 0.29) is 17.9 Å². The SMILES string of the molecule is CCC1CCCC(=O)N1C(C)=O. The van der Waals surface area contributed by atoms with Gasteiger partial charge in [0.05, 0.1) is 0 Å². The fraction of sp³-hybridized carbons (Fsp3) is 0.778. The second kappa shape index (κ2) is 3.70. The normalized spacial score (nSPS) is 24.3. The molecule has 1 aliphatic heterocycles. The topological polar surface area (TPSA) is 37.4 Å². The number of carbonyl (C=O) groups excluding carboxylic acids is 2. The minimum atomic E-state index is -0.105. The first-order valence-corrected chi connectivity index (χ1v) is 4.49. The Balaban J connectivity index is 2.72. The highest BCUT2D eigenvalue weighted by molar-refractivity contribution is 5.95. The van der Waals surface area contributed by atoms with Gasteiger partial charge in [0.1, 0.15) is 0 Å². The molecule has 1 atom stereocenters. The zero-order valence-corrected chi connectivity index (χ0v) is 7.67. The zero-order chi connectivity index (χ0) is 9.14. The summed E-state index contributed by atoms with van der Waals surface area (Å²) < 4.78 is 0. The van der Waals surface area contributed by atoms with Crippen molar-refractivity contribution in [2.45, 2.75) is 45.6 Å². The van der Waals surface area contributed by atoms with Gasteiger partial charge in [-0.05, 0) is 19.3 Å². The van der Waals surface area contributed by atoms with E-state index in [1.807, 2.05) is 6.92 Å². The molecule has 0 saturated carbocycles. The van der Waals surface area contributed by atoms with Gasteiger partial charge in [0.2, 0.25) is 11.8 Å². The van der Waals surface area contributed by atoms with E-state index in [4.69, 9.17) is 0 Å². The van der Waals surface area contributed by atoms with Crippen molar-refractivity contribution in [1.82, 2.24) is 4.90 Å². The molecule has 3 nitrogen and oxygen atoms in total.